The number of aliphatic hydroxyl groups excluding tert-OH is 7. The Morgan fingerprint density at radius 3 is 1.12 bits per heavy atom. The number of aliphatic hydroxyl groups is 7. The number of amides is 9. The molecule has 0 saturated carbocycles. The Bertz CT molecular complexity index is 3110. The summed E-state index contributed by atoms with van der Waals surface area (Å²) in [5.74, 6) is -3.83. The Labute approximate surface area is 750 Å². The van der Waals surface area contributed by atoms with Crippen LogP contribution in [-0.4, -0.2) is 385 Å². The first kappa shape index (κ1) is 114. The van der Waals surface area contributed by atoms with Gasteiger partial charge in [0, 0.05) is 104 Å². The summed E-state index contributed by atoms with van der Waals surface area (Å²) in [6.45, 7) is 12.6. The molecule has 14 atom stereocenters. The second-order valence-corrected chi connectivity index (χ2v) is 32.2. The standard InChI is InChI=1S/C85H149N9O34/c1-60(98)91-74-66(101)51-64(53-95)126-79(74)120-48-45-114-42-39-111-34-26-86-70(104)23-31-117-57-85(58-118-32-24-71(105)87-27-35-112-40-43-115-46-49-121-80-75(92-61(2)99)67(102)52-65(54-96)127-80,59-119-33-25-72(106)88-28-36-113-41-44-116-47-50-122-81-76(93-62(3)100)78(109)77(108)68(55-97)128-81)94-73(107)22-18-13-11-9-8-10-12-17-21-69(103)89-29-37-124-84(7,83(4,5)6)125-38-30-90-82(110)123-56-63-19-15-14-16-20-63/h14-16,19-20,64-68,74-81,95-97,101-102,108-109H,8-13,17-18,21-59H2,1-7H3,(H,86,104)(H,87,105)(H,88,106)(H,89,103)(H,90,110)(H,91,98)(H,92,99)(H,93,100)(H,94,107)/t64?,65?,66?,67?,68?,74?,75?,76?,77?,78?,79?,80?,81?,84-,85?/m0/s1. The molecule has 738 valence electrons. The molecular formula is C85H149N9O34. The van der Waals surface area contributed by atoms with Gasteiger partial charge in [0.25, 0.3) is 0 Å². The zero-order valence-corrected chi connectivity index (χ0v) is 75.8. The van der Waals surface area contributed by atoms with E-state index in [2.05, 4.69) is 47.9 Å². The van der Waals surface area contributed by atoms with Gasteiger partial charge in [0.05, 0.1) is 196 Å². The molecule has 1 aromatic carbocycles. The van der Waals surface area contributed by atoms with Crippen LogP contribution in [0.15, 0.2) is 30.3 Å². The van der Waals surface area contributed by atoms with E-state index in [4.69, 9.17) is 85.3 Å². The fraction of sp³-hybridized carbons (Fsp3) is 0.824. The number of alkyl carbamates (subject to hydrolysis) is 1. The Hall–Kier alpha value is -6.71. The number of ether oxygens (including phenoxy) is 18. The van der Waals surface area contributed by atoms with Gasteiger partial charge < -0.3 is 169 Å². The zero-order chi connectivity index (χ0) is 93.6. The lowest BCUT2D eigenvalue weighted by Crippen LogP contribution is -2.64. The van der Waals surface area contributed by atoms with E-state index in [-0.39, 0.29) is 284 Å². The third-order valence-corrected chi connectivity index (χ3v) is 20.5. The molecule has 16 N–H and O–H groups in total. The highest BCUT2D eigenvalue weighted by atomic mass is 16.7. The summed E-state index contributed by atoms with van der Waals surface area (Å²) in [5.41, 5.74) is -0.983. The predicted octanol–water partition coefficient (Wildman–Crippen LogP) is -1.81. The monoisotopic (exact) mass is 1840 g/mol. The van der Waals surface area contributed by atoms with E-state index in [1.54, 1.807) is 0 Å². The van der Waals surface area contributed by atoms with E-state index in [1.807, 2.05) is 58.0 Å². The lowest BCUT2D eigenvalue weighted by molar-refractivity contribution is -0.276. The van der Waals surface area contributed by atoms with Crippen molar-refractivity contribution in [3.63, 3.8) is 0 Å². The zero-order valence-electron chi connectivity index (χ0n) is 75.8. The Morgan fingerprint density at radius 1 is 0.383 bits per heavy atom. The molecule has 1 aromatic rings. The van der Waals surface area contributed by atoms with Crippen molar-refractivity contribution in [1.82, 2.24) is 47.9 Å². The van der Waals surface area contributed by atoms with Crippen LogP contribution in [0.4, 0.5) is 4.79 Å². The minimum atomic E-state index is -1.47. The third kappa shape index (κ3) is 50.2. The van der Waals surface area contributed by atoms with Crippen LogP contribution in [0.2, 0.25) is 0 Å². The van der Waals surface area contributed by atoms with Crippen molar-refractivity contribution in [1.29, 1.82) is 0 Å². The van der Waals surface area contributed by atoms with E-state index in [0.29, 0.717) is 19.3 Å². The van der Waals surface area contributed by atoms with Crippen LogP contribution in [0.3, 0.4) is 0 Å². The molecule has 9 amide bonds. The number of unbranched alkanes of at least 4 members (excludes halogenated alkanes) is 7. The first-order chi connectivity index (χ1) is 61.5. The first-order valence-electron chi connectivity index (χ1n) is 44.5. The van der Waals surface area contributed by atoms with Gasteiger partial charge in [0.1, 0.15) is 48.6 Å². The van der Waals surface area contributed by atoms with E-state index in [9.17, 15) is 78.9 Å². The fourth-order valence-corrected chi connectivity index (χ4v) is 13.2. The van der Waals surface area contributed by atoms with Crippen molar-refractivity contribution in [2.75, 3.05) is 205 Å². The lowest BCUT2D eigenvalue weighted by atomic mass is 9.86. The number of rotatable bonds is 73. The average molecular weight is 1840 g/mol. The molecular weight excluding hydrogens is 1690 g/mol. The molecule has 13 unspecified atom stereocenters. The number of nitrogens with one attached hydrogen (secondary N) is 9. The molecule has 43 heteroatoms. The van der Waals surface area contributed by atoms with Gasteiger partial charge in [-0.25, -0.2) is 4.79 Å². The van der Waals surface area contributed by atoms with Crippen LogP contribution in [-0.2, 0) is 130 Å². The van der Waals surface area contributed by atoms with Gasteiger partial charge in [-0.1, -0.05) is 89.6 Å². The van der Waals surface area contributed by atoms with Gasteiger partial charge in [-0.3, -0.25) is 38.4 Å². The summed E-state index contributed by atoms with van der Waals surface area (Å²) in [4.78, 5) is 114. The van der Waals surface area contributed by atoms with Crippen LogP contribution in [0.1, 0.15) is 150 Å². The van der Waals surface area contributed by atoms with Crippen molar-refractivity contribution >= 4 is 53.4 Å². The van der Waals surface area contributed by atoms with Gasteiger partial charge in [-0.05, 0) is 25.3 Å². The van der Waals surface area contributed by atoms with Crippen molar-refractivity contribution < 1.29 is 164 Å². The van der Waals surface area contributed by atoms with Crippen LogP contribution in [0, 0.1) is 5.41 Å². The summed E-state index contributed by atoms with van der Waals surface area (Å²) in [7, 11) is 0. The molecule has 3 saturated heterocycles. The average Bonchev–Trinajstić information content (AvgIpc) is 0.808. The number of hydrogen-bond donors (Lipinski definition) is 16. The quantitative estimate of drug-likeness (QED) is 0.0252. The molecule has 128 heavy (non-hydrogen) atoms. The van der Waals surface area contributed by atoms with Gasteiger partial charge in [0.15, 0.2) is 24.7 Å². The number of hydrogen-bond acceptors (Lipinski definition) is 34. The van der Waals surface area contributed by atoms with E-state index < -0.39 is 115 Å². The van der Waals surface area contributed by atoms with Crippen molar-refractivity contribution in [3.05, 3.63) is 35.9 Å². The minimum absolute atomic E-state index is 0.0341. The molecule has 0 radical (unpaired) electrons. The minimum Gasteiger partial charge on any atom is -0.445 e. The number of carbonyl (C=O) groups excluding carboxylic acids is 9. The molecule has 3 heterocycles. The highest BCUT2D eigenvalue weighted by Crippen LogP contribution is 2.35. The van der Waals surface area contributed by atoms with Crippen LogP contribution >= 0.6 is 0 Å². The first-order valence-corrected chi connectivity index (χ1v) is 44.5. The molecule has 0 bridgehead atoms. The van der Waals surface area contributed by atoms with Crippen LogP contribution in [0.5, 0.6) is 0 Å². The van der Waals surface area contributed by atoms with E-state index in [1.165, 1.54) is 20.8 Å². The summed E-state index contributed by atoms with van der Waals surface area (Å²) in [6, 6.07) is 6.58. The fourth-order valence-electron chi connectivity index (χ4n) is 13.2. The second-order valence-electron chi connectivity index (χ2n) is 32.2. The molecule has 3 aliphatic heterocycles. The summed E-state index contributed by atoms with van der Waals surface area (Å²) in [6.07, 6.45) is -4.31. The topological polar surface area (TPSA) is 570 Å². The van der Waals surface area contributed by atoms with Gasteiger partial charge in [-0.15, -0.1) is 0 Å². The maximum Gasteiger partial charge on any atom is 0.407 e. The number of benzene rings is 1. The Kier molecular flexibility index (Phi) is 59.9. The summed E-state index contributed by atoms with van der Waals surface area (Å²) < 4.78 is 104. The molecule has 0 spiro atoms. The molecule has 43 nitrogen and oxygen atoms in total. The maximum absolute atomic E-state index is 14.1. The predicted molar refractivity (Wildman–Crippen MR) is 456 cm³/mol. The largest absolute Gasteiger partial charge is 0.445 e. The van der Waals surface area contributed by atoms with Crippen molar-refractivity contribution in [2.24, 2.45) is 5.41 Å². The normalized spacial score (nSPS) is 22.1. The van der Waals surface area contributed by atoms with Gasteiger partial charge >= 0.3 is 6.09 Å². The highest BCUT2D eigenvalue weighted by molar-refractivity contribution is 5.78. The maximum atomic E-state index is 14.1. The SMILES string of the molecule is CC(=O)NC1C(O)CC(CO)OC1OCCOCCOCCNC(=O)CCOCC(COCCC(=O)NCCOCCOCCOC1OC(CO)CC(O)C1NC(C)=O)(COCCC(=O)NCCOCCOCCOC1OC(CO)C(O)C(O)C1NC(C)=O)NC(=O)CCCCCCCCCCC(=O)NCCO[C@@](C)(OCCNC(=O)OCc1ccccc1)C(C)(C)C. The highest BCUT2D eigenvalue weighted by Gasteiger charge is 2.46. The molecule has 0 aromatic heterocycles. The Balaban J connectivity index is 1.28. The van der Waals surface area contributed by atoms with Crippen molar-refractivity contribution in [3.8, 4) is 0 Å². The van der Waals surface area contributed by atoms with Gasteiger partial charge in [-0.2, -0.15) is 0 Å². The number of carbonyl (C=O) groups is 9. The molecule has 3 fully saturated rings. The molecule has 0 aliphatic carbocycles. The third-order valence-electron chi connectivity index (χ3n) is 20.5. The van der Waals surface area contributed by atoms with Crippen LogP contribution < -0.4 is 47.9 Å². The van der Waals surface area contributed by atoms with E-state index in [0.717, 1.165) is 44.1 Å². The van der Waals surface area contributed by atoms with Gasteiger partial charge in [0.2, 0.25) is 47.3 Å². The van der Waals surface area contributed by atoms with Crippen LogP contribution in [0.25, 0.3) is 0 Å². The summed E-state index contributed by atoms with van der Waals surface area (Å²) >= 11 is 0. The molecule has 4 rings (SSSR count). The Morgan fingerprint density at radius 2 is 0.734 bits per heavy atom. The summed E-state index contributed by atoms with van der Waals surface area (Å²) in [5, 5.41) is 95.3. The second kappa shape index (κ2) is 67.5. The smallest absolute Gasteiger partial charge is 0.407 e. The molecule has 3 aliphatic rings. The lowest BCUT2D eigenvalue weighted by Gasteiger charge is -2.42. The van der Waals surface area contributed by atoms with Crippen molar-refractivity contribution in [2.45, 2.75) is 242 Å². The van der Waals surface area contributed by atoms with E-state index >= 15 is 0 Å².